The van der Waals surface area contributed by atoms with E-state index in [0.29, 0.717) is 12.6 Å². The van der Waals surface area contributed by atoms with Gasteiger partial charge in [-0.3, -0.25) is 9.69 Å². The summed E-state index contributed by atoms with van der Waals surface area (Å²) in [5, 5.41) is 9.34. The molecule has 1 aliphatic carbocycles. The number of aliphatic hydroxyl groups excluding tert-OH is 1. The molecule has 0 aromatic heterocycles. The fourth-order valence-corrected chi connectivity index (χ4v) is 3.42. The van der Waals surface area contributed by atoms with Crippen LogP contribution in [0.5, 0.6) is 0 Å². The second kappa shape index (κ2) is 7.19. The molecule has 1 aromatic carbocycles. The molecule has 21 heavy (non-hydrogen) atoms. The summed E-state index contributed by atoms with van der Waals surface area (Å²) >= 11 is 0. The standard InChI is InChI=1S/C18H27NO2/c1-13-8-9-14(2)17(12-13)18(21)15(3)19(10-11-20)16-6-4-5-7-16/h8-9,12,15-16,20H,4-7,10-11H2,1-3H3. The summed E-state index contributed by atoms with van der Waals surface area (Å²) in [5.74, 6) is 0.177. The van der Waals surface area contributed by atoms with Crippen molar-refractivity contribution >= 4 is 5.78 Å². The maximum Gasteiger partial charge on any atom is 0.179 e. The van der Waals surface area contributed by atoms with Crippen LogP contribution in [-0.2, 0) is 0 Å². The predicted molar refractivity (Wildman–Crippen MR) is 85.8 cm³/mol. The highest BCUT2D eigenvalue weighted by atomic mass is 16.3. The Morgan fingerprint density at radius 1 is 1.33 bits per heavy atom. The first kappa shape index (κ1) is 16.2. The summed E-state index contributed by atoms with van der Waals surface area (Å²) in [7, 11) is 0. The van der Waals surface area contributed by atoms with Crippen molar-refractivity contribution in [3.05, 3.63) is 34.9 Å². The van der Waals surface area contributed by atoms with Crippen molar-refractivity contribution in [1.82, 2.24) is 4.90 Å². The van der Waals surface area contributed by atoms with Crippen molar-refractivity contribution in [2.45, 2.75) is 58.5 Å². The number of ketones is 1. The van der Waals surface area contributed by atoms with Crippen LogP contribution in [0.3, 0.4) is 0 Å². The van der Waals surface area contributed by atoms with Crippen LogP contribution in [0.15, 0.2) is 18.2 Å². The molecular formula is C18H27NO2. The minimum Gasteiger partial charge on any atom is -0.395 e. The van der Waals surface area contributed by atoms with Gasteiger partial charge in [0, 0.05) is 18.2 Å². The molecule has 1 N–H and O–H groups in total. The molecule has 116 valence electrons. The second-order valence-electron chi connectivity index (χ2n) is 6.26. The summed E-state index contributed by atoms with van der Waals surface area (Å²) in [6.07, 6.45) is 4.75. The van der Waals surface area contributed by atoms with E-state index in [-0.39, 0.29) is 18.4 Å². The summed E-state index contributed by atoms with van der Waals surface area (Å²) in [6.45, 7) is 6.69. The number of benzene rings is 1. The van der Waals surface area contributed by atoms with Gasteiger partial charge in [-0.05, 0) is 45.2 Å². The highest BCUT2D eigenvalue weighted by Gasteiger charge is 2.30. The molecule has 1 saturated carbocycles. The minimum atomic E-state index is -0.166. The molecule has 0 aliphatic heterocycles. The Labute approximate surface area is 128 Å². The van der Waals surface area contributed by atoms with Gasteiger partial charge in [0.2, 0.25) is 0 Å². The van der Waals surface area contributed by atoms with Gasteiger partial charge in [0.1, 0.15) is 0 Å². The van der Waals surface area contributed by atoms with Gasteiger partial charge in [0.05, 0.1) is 12.6 Å². The van der Waals surface area contributed by atoms with E-state index in [0.717, 1.165) is 29.5 Å². The van der Waals surface area contributed by atoms with Crippen LogP contribution in [0, 0.1) is 13.8 Å². The molecular weight excluding hydrogens is 262 g/mol. The molecule has 0 spiro atoms. The second-order valence-corrected chi connectivity index (χ2v) is 6.26. The lowest BCUT2D eigenvalue weighted by Gasteiger charge is -2.33. The normalized spacial score (nSPS) is 17.4. The van der Waals surface area contributed by atoms with Gasteiger partial charge in [-0.2, -0.15) is 0 Å². The molecule has 0 heterocycles. The molecule has 0 amide bonds. The summed E-state index contributed by atoms with van der Waals surface area (Å²) in [6, 6.07) is 6.32. The molecule has 2 rings (SSSR count). The molecule has 0 bridgehead atoms. The first-order valence-electron chi connectivity index (χ1n) is 8.02. The molecule has 1 unspecified atom stereocenters. The summed E-state index contributed by atoms with van der Waals surface area (Å²) in [5.41, 5.74) is 2.97. The Morgan fingerprint density at radius 3 is 2.62 bits per heavy atom. The van der Waals surface area contributed by atoms with Crippen LogP contribution in [-0.4, -0.2) is 41.0 Å². The van der Waals surface area contributed by atoms with Gasteiger partial charge in [0.25, 0.3) is 0 Å². The maximum atomic E-state index is 12.9. The van der Waals surface area contributed by atoms with Crippen molar-refractivity contribution in [1.29, 1.82) is 0 Å². The molecule has 1 aromatic rings. The molecule has 1 atom stereocenters. The van der Waals surface area contributed by atoms with Gasteiger partial charge >= 0.3 is 0 Å². The Hall–Kier alpha value is -1.19. The molecule has 1 aliphatic rings. The minimum absolute atomic E-state index is 0.112. The van der Waals surface area contributed by atoms with Crippen LogP contribution in [0.2, 0.25) is 0 Å². The van der Waals surface area contributed by atoms with Crippen molar-refractivity contribution in [2.75, 3.05) is 13.2 Å². The third kappa shape index (κ3) is 3.72. The first-order valence-corrected chi connectivity index (χ1v) is 8.02. The largest absolute Gasteiger partial charge is 0.395 e. The average Bonchev–Trinajstić information content (AvgIpc) is 2.99. The highest BCUT2D eigenvalue weighted by molar-refractivity contribution is 6.01. The lowest BCUT2D eigenvalue weighted by molar-refractivity contribution is 0.0707. The Bertz CT molecular complexity index is 492. The van der Waals surface area contributed by atoms with E-state index in [1.54, 1.807) is 0 Å². The zero-order chi connectivity index (χ0) is 15.4. The van der Waals surface area contributed by atoms with E-state index in [9.17, 15) is 9.90 Å². The number of rotatable bonds is 6. The molecule has 1 fully saturated rings. The van der Waals surface area contributed by atoms with E-state index < -0.39 is 0 Å². The van der Waals surface area contributed by atoms with Crippen LogP contribution in [0.4, 0.5) is 0 Å². The van der Waals surface area contributed by atoms with Crippen LogP contribution in [0.25, 0.3) is 0 Å². The Kier molecular flexibility index (Phi) is 5.54. The van der Waals surface area contributed by atoms with Gasteiger partial charge < -0.3 is 5.11 Å². The number of aryl methyl sites for hydroxylation is 2. The zero-order valence-corrected chi connectivity index (χ0v) is 13.4. The number of hydrogen-bond donors (Lipinski definition) is 1. The van der Waals surface area contributed by atoms with Gasteiger partial charge in [-0.15, -0.1) is 0 Å². The first-order chi connectivity index (χ1) is 10.0. The van der Waals surface area contributed by atoms with Crippen molar-refractivity contribution in [3.8, 4) is 0 Å². The van der Waals surface area contributed by atoms with Gasteiger partial charge in [-0.1, -0.05) is 30.5 Å². The number of aliphatic hydroxyl groups is 1. The predicted octanol–water partition coefficient (Wildman–Crippen LogP) is 3.11. The number of nitrogens with zero attached hydrogens (tertiary/aromatic N) is 1. The molecule has 3 heteroatoms. The van der Waals surface area contributed by atoms with Gasteiger partial charge in [-0.25, -0.2) is 0 Å². The third-order valence-electron chi connectivity index (χ3n) is 4.69. The van der Waals surface area contributed by atoms with Crippen LogP contribution >= 0.6 is 0 Å². The maximum absolute atomic E-state index is 12.9. The third-order valence-corrected chi connectivity index (χ3v) is 4.69. The lowest BCUT2D eigenvalue weighted by Crippen LogP contribution is -2.46. The van der Waals surface area contributed by atoms with Gasteiger partial charge in [0.15, 0.2) is 5.78 Å². The quantitative estimate of drug-likeness (QED) is 0.818. The molecule has 3 nitrogen and oxygen atoms in total. The SMILES string of the molecule is Cc1ccc(C)c(C(=O)C(C)N(CCO)C2CCCC2)c1. The Balaban J connectivity index is 2.20. The van der Waals surface area contributed by atoms with Crippen molar-refractivity contribution < 1.29 is 9.90 Å². The topological polar surface area (TPSA) is 40.5 Å². The number of carbonyl (C=O) groups excluding carboxylic acids is 1. The number of Topliss-reactive ketones (excluding diaryl/α,β-unsaturated/α-hetero) is 1. The number of carbonyl (C=O) groups is 1. The monoisotopic (exact) mass is 289 g/mol. The fourth-order valence-electron chi connectivity index (χ4n) is 3.42. The summed E-state index contributed by atoms with van der Waals surface area (Å²) < 4.78 is 0. The van der Waals surface area contributed by atoms with Crippen LogP contribution in [0.1, 0.15) is 54.1 Å². The Morgan fingerprint density at radius 2 is 2.00 bits per heavy atom. The van der Waals surface area contributed by atoms with Crippen LogP contribution < -0.4 is 0 Å². The zero-order valence-electron chi connectivity index (χ0n) is 13.4. The van der Waals surface area contributed by atoms with E-state index >= 15 is 0 Å². The average molecular weight is 289 g/mol. The number of hydrogen-bond acceptors (Lipinski definition) is 3. The van der Waals surface area contributed by atoms with E-state index in [2.05, 4.69) is 4.90 Å². The molecule has 0 saturated heterocycles. The van der Waals surface area contributed by atoms with E-state index in [4.69, 9.17) is 0 Å². The highest BCUT2D eigenvalue weighted by Crippen LogP contribution is 2.26. The fraction of sp³-hybridized carbons (Fsp3) is 0.611. The van der Waals surface area contributed by atoms with E-state index in [1.807, 2.05) is 39.0 Å². The smallest absolute Gasteiger partial charge is 0.179 e. The van der Waals surface area contributed by atoms with Crippen molar-refractivity contribution in [2.24, 2.45) is 0 Å². The molecule has 0 radical (unpaired) electrons. The van der Waals surface area contributed by atoms with Crippen molar-refractivity contribution in [3.63, 3.8) is 0 Å². The lowest BCUT2D eigenvalue weighted by atomic mass is 9.96. The van der Waals surface area contributed by atoms with E-state index in [1.165, 1.54) is 12.8 Å². The summed E-state index contributed by atoms with van der Waals surface area (Å²) in [4.78, 5) is 15.1.